The smallest absolute Gasteiger partial charge is 0.0638 e. The summed E-state index contributed by atoms with van der Waals surface area (Å²) < 4.78 is 6.44. The second-order valence-electron chi connectivity index (χ2n) is 9.05. The van der Waals surface area contributed by atoms with Crippen LogP contribution >= 0.6 is 0 Å². The van der Waals surface area contributed by atoms with Gasteiger partial charge in [0.15, 0.2) is 0 Å². The highest BCUT2D eigenvalue weighted by Gasteiger charge is 2.35. The Kier molecular flexibility index (Phi) is 5.51. The molecule has 0 spiro atoms. The van der Waals surface area contributed by atoms with Gasteiger partial charge in [-0.3, -0.25) is 0 Å². The molecule has 0 atom stereocenters. The lowest BCUT2D eigenvalue weighted by Crippen LogP contribution is -2.41. The monoisotopic (exact) mass is 256 g/mol. The van der Waals surface area contributed by atoms with Crippen molar-refractivity contribution in [1.82, 2.24) is 0 Å². The van der Waals surface area contributed by atoms with E-state index in [1.807, 2.05) is 0 Å². The second-order valence-corrected chi connectivity index (χ2v) is 9.05. The van der Waals surface area contributed by atoms with Crippen molar-refractivity contribution < 1.29 is 4.74 Å². The zero-order valence-electron chi connectivity index (χ0n) is 14.5. The van der Waals surface area contributed by atoms with Gasteiger partial charge in [0.05, 0.1) is 11.2 Å². The number of rotatable bonds is 6. The van der Waals surface area contributed by atoms with Crippen LogP contribution in [0.5, 0.6) is 0 Å². The Morgan fingerprint density at radius 2 is 1.06 bits per heavy atom. The predicted molar refractivity (Wildman–Crippen MR) is 82.0 cm³/mol. The molecule has 0 radical (unpaired) electrons. The maximum atomic E-state index is 6.44. The van der Waals surface area contributed by atoms with Crippen LogP contribution in [0.4, 0.5) is 0 Å². The molecule has 0 N–H and O–H groups in total. The Morgan fingerprint density at radius 1 is 0.667 bits per heavy atom. The summed E-state index contributed by atoms with van der Waals surface area (Å²) in [7, 11) is 0. The molecule has 110 valence electrons. The van der Waals surface area contributed by atoms with Crippen molar-refractivity contribution in [2.24, 2.45) is 10.8 Å². The average Bonchev–Trinajstić information content (AvgIpc) is 1.93. The first kappa shape index (κ1) is 18.0. The number of hydrogen-bond acceptors (Lipinski definition) is 1. The van der Waals surface area contributed by atoms with Crippen LogP contribution in [0, 0.1) is 10.8 Å². The van der Waals surface area contributed by atoms with Crippen LogP contribution in [0.2, 0.25) is 0 Å². The van der Waals surface area contributed by atoms with Gasteiger partial charge in [-0.05, 0) is 51.4 Å². The highest BCUT2D eigenvalue weighted by molar-refractivity contribution is 4.85. The van der Waals surface area contributed by atoms with Gasteiger partial charge in [0.2, 0.25) is 0 Å². The van der Waals surface area contributed by atoms with Gasteiger partial charge in [0.25, 0.3) is 0 Å². The van der Waals surface area contributed by atoms with Crippen molar-refractivity contribution in [3.05, 3.63) is 0 Å². The molecular formula is C17H36O. The molecule has 1 nitrogen and oxygen atoms in total. The summed E-state index contributed by atoms with van der Waals surface area (Å²) in [5.41, 5.74) is 0.529. The van der Waals surface area contributed by atoms with Crippen molar-refractivity contribution >= 4 is 0 Å². The molecule has 18 heavy (non-hydrogen) atoms. The van der Waals surface area contributed by atoms with Gasteiger partial charge in [-0.1, -0.05) is 48.0 Å². The molecule has 0 heterocycles. The van der Waals surface area contributed by atoms with Crippen LogP contribution in [0.25, 0.3) is 0 Å². The molecular weight excluding hydrogens is 220 g/mol. The van der Waals surface area contributed by atoms with Gasteiger partial charge in [0, 0.05) is 0 Å². The predicted octanol–water partition coefficient (Wildman–Crippen LogP) is 5.82. The van der Waals surface area contributed by atoms with Crippen molar-refractivity contribution in [3.63, 3.8) is 0 Å². The molecule has 0 unspecified atom stereocenters. The van der Waals surface area contributed by atoms with Gasteiger partial charge in [-0.25, -0.2) is 0 Å². The van der Waals surface area contributed by atoms with Gasteiger partial charge < -0.3 is 4.74 Å². The second kappa shape index (κ2) is 5.53. The minimum absolute atomic E-state index is 0.0612. The molecule has 0 aromatic heterocycles. The highest BCUT2D eigenvalue weighted by Crippen LogP contribution is 2.38. The zero-order valence-corrected chi connectivity index (χ0v) is 14.5. The van der Waals surface area contributed by atoms with Crippen LogP contribution < -0.4 is 0 Å². The normalized spacial score (nSPS) is 15.0. The average molecular weight is 256 g/mol. The third kappa shape index (κ3) is 8.13. The maximum Gasteiger partial charge on any atom is 0.0638 e. The van der Waals surface area contributed by atoms with Gasteiger partial charge in [-0.2, -0.15) is 0 Å². The van der Waals surface area contributed by atoms with Crippen LogP contribution in [-0.2, 0) is 4.74 Å². The van der Waals surface area contributed by atoms with Gasteiger partial charge in [-0.15, -0.1) is 0 Å². The lowest BCUT2D eigenvalue weighted by atomic mass is 9.78. The van der Waals surface area contributed by atoms with Crippen LogP contribution in [0.3, 0.4) is 0 Å². The fourth-order valence-corrected chi connectivity index (χ4v) is 3.37. The van der Waals surface area contributed by atoms with E-state index >= 15 is 0 Å². The molecule has 0 fully saturated rings. The maximum absolute atomic E-state index is 6.44. The number of hydrogen-bond donors (Lipinski definition) is 0. The third-order valence-electron chi connectivity index (χ3n) is 3.37. The van der Waals surface area contributed by atoms with Gasteiger partial charge >= 0.3 is 0 Å². The molecule has 0 aromatic rings. The summed E-state index contributed by atoms with van der Waals surface area (Å²) in [4.78, 5) is 0. The Hall–Kier alpha value is -0.0400. The summed E-state index contributed by atoms with van der Waals surface area (Å²) in [5.74, 6) is 0. The van der Waals surface area contributed by atoms with E-state index in [-0.39, 0.29) is 11.2 Å². The van der Waals surface area contributed by atoms with E-state index in [1.165, 1.54) is 6.42 Å². The van der Waals surface area contributed by atoms with Crippen molar-refractivity contribution in [2.45, 2.75) is 99.7 Å². The molecule has 0 amide bonds. The van der Waals surface area contributed by atoms with Crippen LogP contribution in [0.1, 0.15) is 88.5 Å². The van der Waals surface area contributed by atoms with E-state index in [1.54, 1.807) is 0 Å². The fraction of sp³-hybridized carbons (Fsp3) is 1.00. The van der Waals surface area contributed by atoms with E-state index in [9.17, 15) is 0 Å². The number of ether oxygens (including phenoxy) is 1. The summed E-state index contributed by atoms with van der Waals surface area (Å²) in [5, 5.41) is 0. The van der Waals surface area contributed by atoms with Crippen molar-refractivity contribution in [3.8, 4) is 0 Å². The third-order valence-corrected chi connectivity index (χ3v) is 3.37. The first-order valence-corrected chi connectivity index (χ1v) is 7.38. The quantitative estimate of drug-likeness (QED) is 0.581. The molecule has 0 saturated heterocycles. The van der Waals surface area contributed by atoms with Crippen molar-refractivity contribution in [2.75, 3.05) is 0 Å². The van der Waals surface area contributed by atoms with Crippen LogP contribution in [-0.4, -0.2) is 11.2 Å². The molecule has 0 bridgehead atoms. The summed E-state index contributed by atoms with van der Waals surface area (Å²) in [6.07, 6.45) is 3.37. The SMILES string of the molecule is CCC(C)(C)CC(C)(C)OC(C)(C)CC(C)(C)C. The minimum Gasteiger partial charge on any atom is -0.370 e. The van der Waals surface area contributed by atoms with Crippen LogP contribution in [0.15, 0.2) is 0 Å². The molecule has 1 heteroatoms. The highest BCUT2D eigenvalue weighted by atomic mass is 16.5. The molecule has 0 aromatic carbocycles. The first-order valence-electron chi connectivity index (χ1n) is 7.38. The van der Waals surface area contributed by atoms with E-state index in [4.69, 9.17) is 4.74 Å². The largest absolute Gasteiger partial charge is 0.370 e. The Labute approximate surface area is 116 Å². The summed E-state index contributed by atoms with van der Waals surface area (Å²) in [6, 6.07) is 0. The zero-order chi connectivity index (χ0) is 14.8. The van der Waals surface area contributed by atoms with E-state index in [0.717, 1.165) is 12.8 Å². The molecule has 0 aliphatic carbocycles. The fourth-order valence-electron chi connectivity index (χ4n) is 3.37. The standard InChI is InChI=1S/C17H36O/c1-11-15(5,6)13-17(9,10)18-16(7,8)12-14(2,3)4/h11-13H2,1-10H3. The topological polar surface area (TPSA) is 9.23 Å². The molecule has 0 aliphatic heterocycles. The van der Waals surface area contributed by atoms with E-state index in [2.05, 4.69) is 69.2 Å². The molecule has 0 saturated carbocycles. The van der Waals surface area contributed by atoms with Gasteiger partial charge in [0.1, 0.15) is 0 Å². The first-order chi connectivity index (χ1) is 7.68. The minimum atomic E-state index is -0.0639. The summed E-state index contributed by atoms with van der Waals surface area (Å²) in [6.45, 7) is 22.7. The van der Waals surface area contributed by atoms with E-state index in [0.29, 0.717) is 10.8 Å². The van der Waals surface area contributed by atoms with Crippen molar-refractivity contribution in [1.29, 1.82) is 0 Å². The van der Waals surface area contributed by atoms with E-state index < -0.39 is 0 Å². The molecule has 0 rings (SSSR count). The Morgan fingerprint density at radius 3 is 1.39 bits per heavy atom. The Balaban J connectivity index is 4.66. The summed E-state index contributed by atoms with van der Waals surface area (Å²) >= 11 is 0. The molecule has 0 aliphatic rings. The Bertz CT molecular complexity index is 253. The lowest BCUT2D eigenvalue weighted by Gasteiger charge is -2.42. The lowest BCUT2D eigenvalue weighted by molar-refractivity contribution is -0.150.